The van der Waals surface area contributed by atoms with Crippen LogP contribution in [0, 0.1) is 12.7 Å². The normalized spacial score (nSPS) is 11.9. The van der Waals surface area contributed by atoms with Gasteiger partial charge in [0.15, 0.2) is 0 Å². The fourth-order valence-corrected chi connectivity index (χ4v) is 1.99. The van der Waals surface area contributed by atoms with Gasteiger partial charge in [0.25, 0.3) is 5.91 Å². The van der Waals surface area contributed by atoms with Crippen LogP contribution in [0.1, 0.15) is 27.6 Å². The predicted octanol–water partition coefficient (Wildman–Crippen LogP) is 2.60. The Morgan fingerprint density at radius 3 is 2.70 bits per heavy atom. The number of aliphatic hydroxyl groups excluding tert-OH is 1. The lowest BCUT2D eigenvalue weighted by Gasteiger charge is -2.14. The summed E-state index contributed by atoms with van der Waals surface area (Å²) in [6, 6.07) is 12.9. The number of hydrogen-bond donors (Lipinski definition) is 2. The fourth-order valence-electron chi connectivity index (χ4n) is 1.99. The molecule has 0 radical (unpaired) electrons. The van der Waals surface area contributed by atoms with Crippen LogP contribution >= 0.6 is 0 Å². The Bertz CT molecular complexity index is 613. The highest BCUT2D eigenvalue weighted by molar-refractivity contribution is 5.94. The summed E-state index contributed by atoms with van der Waals surface area (Å²) in [6.45, 7) is 1.98. The number of benzene rings is 2. The Morgan fingerprint density at radius 1 is 1.25 bits per heavy atom. The number of carbonyl (C=O) groups is 1. The third-order valence-corrected chi connectivity index (χ3v) is 3.09. The van der Waals surface area contributed by atoms with Crippen molar-refractivity contribution in [2.45, 2.75) is 13.0 Å². The third-order valence-electron chi connectivity index (χ3n) is 3.09. The molecular formula is C16H16FNO2. The summed E-state index contributed by atoms with van der Waals surface area (Å²) in [6.07, 6.45) is -0.784. The Kier molecular flexibility index (Phi) is 4.48. The van der Waals surface area contributed by atoms with E-state index >= 15 is 0 Å². The smallest absolute Gasteiger partial charge is 0.251 e. The Labute approximate surface area is 117 Å². The van der Waals surface area contributed by atoms with E-state index in [1.54, 1.807) is 0 Å². The van der Waals surface area contributed by atoms with Crippen molar-refractivity contribution in [3.63, 3.8) is 0 Å². The van der Waals surface area contributed by atoms with Crippen LogP contribution in [0.25, 0.3) is 0 Å². The molecule has 3 nitrogen and oxygen atoms in total. The van der Waals surface area contributed by atoms with E-state index in [2.05, 4.69) is 5.32 Å². The third kappa shape index (κ3) is 3.42. The summed E-state index contributed by atoms with van der Waals surface area (Å²) in [5, 5.41) is 12.7. The van der Waals surface area contributed by atoms with Gasteiger partial charge in [0.2, 0.25) is 0 Å². The molecule has 0 aliphatic heterocycles. The predicted molar refractivity (Wildman–Crippen MR) is 74.9 cm³/mol. The lowest BCUT2D eigenvalue weighted by molar-refractivity contribution is 0.0915. The summed E-state index contributed by atoms with van der Waals surface area (Å²) in [4.78, 5) is 11.8. The average molecular weight is 273 g/mol. The number of hydrogen-bond acceptors (Lipinski definition) is 2. The molecule has 0 fully saturated rings. The van der Waals surface area contributed by atoms with Gasteiger partial charge in [0.05, 0.1) is 6.10 Å². The highest BCUT2D eigenvalue weighted by Gasteiger charge is 2.12. The summed E-state index contributed by atoms with van der Waals surface area (Å²) >= 11 is 0. The van der Waals surface area contributed by atoms with Crippen LogP contribution in [-0.2, 0) is 0 Å². The van der Waals surface area contributed by atoms with E-state index in [1.807, 2.05) is 31.2 Å². The number of aryl methyl sites for hydroxylation is 1. The molecule has 0 aliphatic rings. The van der Waals surface area contributed by atoms with Crippen LogP contribution in [0.5, 0.6) is 0 Å². The molecule has 20 heavy (non-hydrogen) atoms. The lowest BCUT2D eigenvalue weighted by atomic mass is 10.0. The number of aliphatic hydroxyl groups is 1. The molecule has 4 heteroatoms. The van der Waals surface area contributed by atoms with Crippen molar-refractivity contribution in [3.05, 3.63) is 71.0 Å². The molecule has 0 saturated heterocycles. The van der Waals surface area contributed by atoms with Crippen LogP contribution in [0.4, 0.5) is 4.39 Å². The van der Waals surface area contributed by atoms with Crippen molar-refractivity contribution in [2.75, 3.05) is 6.54 Å². The van der Waals surface area contributed by atoms with Gasteiger partial charge in [0.1, 0.15) is 5.82 Å². The Balaban J connectivity index is 1.99. The minimum absolute atomic E-state index is 0.0835. The maximum absolute atomic E-state index is 13.0. The topological polar surface area (TPSA) is 49.3 Å². The molecule has 2 aromatic rings. The van der Waals surface area contributed by atoms with Gasteiger partial charge in [-0.05, 0) is 36.2 Å². The van der Waals surface area contributed by atoms with E-state index in [9.17, 15) is 14.3 Å². The second-order valence-electron chi connectivity index (χ2n) is 4.59. The van der Waals surface area contributed by atoms with Gasteiger partial charge in [-0.15, -0.1) is 0 Å². The first-order chi connectivity index (χ1) is 9.58. The van der Waals surface area contributed by atoms with Crippen LogP contribution < -0.4 is 5.32 Å². The lowest BCUT2D eigenvalue weighted by Crippen LogP contribution is -2.28. The van der Waals surface area contributed by atoms with Gasteiger partial charge in [-0.25, -0.2) is 4.39 Å². The van der Waals surface area contributed by atoms with E-state index in [0.29, 0.717) is 0 Å². The van der Waals surface area contributed by atoms with Gasteiger partial charge in [-0.2, -0.15) is 0 Å². The molecule has 0 saturated carbocycles. The first-order valence-corrected chi connectivity index (χ1v) is 6.35. The number of halogens is 1. The van der Waals surface area contributed by atoms with Gasteiger partial charge >= 0.3 is 0 Å². The average Bonchev–Trinajstić information content (AvgIpc) is 2.45. The van der Waals surface area contributed by atoms with Crippen LogP contribution in [0.15, 0.2) is 48.5 Å². The van der Waals surface area contributed by atoms with Crippen molar-refractivity contribution in [1.82, 2.24) is 5.32 Å². The highest BCUT2D eigenvalue weighted by Crippen LogP contribution is 2.16. The molecule has 2 aromatic carbocycles. The fraction of sp³-hybridized carbons (Fsp3) is 0.188. The van der Waals surface area contributed by atoms with Crippen molar-refractivity contribution in [1.29, 1.82) is 0 Å². The quantitative estimate of drug-likeness (QED) is 0.899. The molecule has 0 aliphatic carbocycles. The SMILES string of the molecule is Cc1ccccc1C(O)CNC(=O)c1cccc(F)c1. The van der Waals surface area contributed by atoms with Crippen LogP contribution in [0.2, 0.25) is 0 Å². The standard InChI is InChI=1S/C16H16FNO2/c1-11-5-2-3-8-14(11)15(19)10-18-16(20)12-6-4-7-13(17)9-12/h2-9,15,19H,10H2,1H3,(H,18,20). The Hall–Kier alpha value is -2.20. The van der Waals surface area contributed by atoms with Crippen molar-refractivity contribution in [2.24, 2.45) is 0 Å². The number of rotatable bonds is 4. The van der Waals surface area contributed by atoms with E-state index in [1.165, 1.54) is 18.2 Å². The first kappa shape index (κ1) is 14.2. The van der Waals surface area contributed by atoms with Crippen molar-refractivity contribution < 1.29 is 14.3 Å². The summed E-state index contributed by atoms with van der Waals surface area (Å²) in [5.74, 6) is -0.866. The van der Waals surface area contributed by atoms with Gasteiger partial charge in [0, 0.05) is 12.1 Å². The minimum Gasteiger partial charge on any atom is -0.387 e. The number of amides is 1. The maximum atomic E-state index is 13.0. The zero-order valence-electron chi connectivity index (χ0n) is 11.1. The monoisotopic (exact) mass is 273 g/mol. The summed E-state index contributed by atoms with van der Waals surface area (Å²) in [7, 11) is 0. The molecule has 2 N–H and O–H groups in total. The van der Waals surface area contributed by atoms with Gasteiger partial charge in [-0.3, -0.25) is 4.79 Å². The molecule has 2 rings (SSSR count). The van der Waals surface area contributed by atoms with E-state index in [-0.39, 0.29) is 12.1 Å². The molecular weight excluding hydrogens is 257 g/mol. The molecule has 0 aromatic heterocycles. The largest absolute Gasteiger partial charge is 0.387 e. The first-order valence-electron chi connectivity index (χ1n) is 6.35. The minimum atomic E-state index is -0.784. The van der Waals surface area contributed by atoms with Crippen molar-refractivity contribution >= 4 is 5.91 Å². The number of carbonyl (C=O) groups excluding carboxylic acids is 1. The summed E-state index contributed by atoms with van der Waals surface area (Å²) in [5.41, 5.74) is 1.97. The van der Waals surface area contributed by atoms with Gasteiger partial charge < -0.3 is 10.4 Å². The van der Waals surface area contributed by atoms with E-state index in [4.69, 9.17) is 0 Å². The number of nitrogens with one attached hydrogen (secondary N) is 1. The Morgan fingerprint density at radius 2 is 2.00 bits per heavy atom. The highest BCUT2D eigenvalue weighted by atomic mass is 19.1. The molecule has 0 heterocycles. The second kappa shape index (κ2) is 6.30. The molecule has 104 valence electrons. The second-order valence-corrected chi connectivity index (χ2v) is 4.59. The van der Waals surface area contributed by atoms with E-state index < -0.39 is 17.8 Å². The van der Waals surface area contributed by atoms with Crippen LogP contribution in [-0.4, -0.2) is 17.6 Å². The van der Waals surface area contributed by atoms with Crippen molar-refractivity contribution in [3.8, 4) is 0 Å². The molecule has 1 amide bonds. The van der Waals surface area contributed by atoms with E-state index in [0.717, 1.165) is 17.2 Å². The zero-order valence-corrected chi connectivity index (χ0v) is 11.1. The van der Waals surface area contributed by atoms with Gasteiger partial charge in [-0.1, -0.05) is 30.3 Å². The summed E-state index contributed by atoms with van der Waals surface area (Å²) < 4.78 is 13.0. The molecule has 1 unspecified atom stereocenters. The maximum Gasteiger partial charge on any atom is 0.251 e. The molecule has 0 spiro atoms. The van der Waals surface area contributed by atoms with Crippen LogP contribution in [0.3, 0.4) is 0 Å². The molecule has 1 atom stereocenters. The zero-order chi connectivity index (χ0) is 14.5. The molecule has 0 bridgehead atoms.